The van der Waals surface area contributed by atoms with Crippen molar-refractivity contribution in [2.75, 3.05) is 0 Å². The van der Waals surface area contributed by atoms with Crippen molar-refractivity contribution in [1.82, 2.24) is 24.9 Å². The van der Waals surface area contributed by atoms with E-state index in [9.17, 15) is 0 Å². The van der Waals surface area contributed by atoms with Gasteiger partial charge in [0, 0.05) is 11.8 Å². The number of H-pyrrole nitrogens is 1. The molecule has 0 aliphatic carbocycles. The number of rotatable bonds is 3. The molecule has 0 amide bonds. The number of hydrogen-bond donors (Lipinski definition) is 3. The molecule has 0 aromatic carbocycles. The lowest BCUT2D eigenvalue weighted by Crippen LogP contribution is -2.11. The topological polar surface area (TPSA) is 117 Å². The van der Waals surface area contributed by atoms with Gasteiger partial charge in [0.05, 0.1) is 6.33 Å². The van der Waals surface area contributed by atoms with Crippen LogP contribution < -0.4 is 5.73 Å². The first-order valence-corrected chi connectivity index (χ1v) is 6.18. The fourth-order valence-corrected chi connectivity index (χ4v) is 2.31. The van der Waals surface area contributed by atoms with Gasteiger partial charge >= 0.3 is 0 Å². The normalized spacial score (nSPS) is 10.7. The van der Waals surface area contributed by atoms with Crippen molar-refractivity contribution in [2.24, 2.45) is 5.73 Å². The van der Waals surface area contributed by atoms with Crippen LogP contribution >= 0.6 is 11.8 Å². The molecule has 0 atom stereocenters. The van der Waals surface area contributed by atoms with Gasteiger partial charge in [0.1, 0.15) is 27.7 Å². The minimum atomic E-state index is 0.00189. The summed E-state index contributed by atoms with van der Waals surface area (Å²) in [5.74, 6) is 0.00189. The Labute approximate surface area is 112 Å². The summed E-state index contributed by atoms with van der Waals surface area (Å²) in [5, 5.41) is 8.83. The van der Waals surface area contributed by atoms with E-state index >= 15 is 0 Å². The third-order valence-electron chi connectivity index (χ3n) is 2.44. The summed E-state index contributed by atoms with van der Waals surface area (Å²) in [5.41, 5.74) is 7.38. The number of nitrogens with zero attached hydrogens (tertiary/aromatic N) is 4. The summed E-state index contributed by atoms with van der Waals surface area (Å²) in [6.45, 7) is 0. The van der Waals surface area contributed by atoms with Gasteiger partial charge in [-0.1, -0.05) is 0 Å². The molecule has 3 aromatic heterocycles. The molecule has 0 bridgehead atoms. The summed E-state index contributed by atoms with van der Waals surface area (Å²) < 4.78 is 0. The maximum atomic E-state index is 7.31. The van der Waals surface area contributed by atoms with E-state index in [4.69, 9.17) is 11.1 Å². The number of nitrogens with one attached hydrogen (secondary N) is 2. The second-order valence-corrected chi connectivity index (χ2v) is 4.69. The van der Waals surface area contributed by atoms with Crippen LogP contribution in [0.25, 0.3) is 11.2 Å². The number of nitrogens with two attached hydrogens (primary N) is 1. The summed E-state index contributed by atoms with van der Waals surface area (Å²) in [7, 11) is 0. The third-order valence-corrected chi connectivity index (χ3v) is 3.39. The lowest BCUT2D eigenvalue weighted by Gasteiger charge is -2.02. The molecule has 7 nitrogen and oxygen atoms in total. The Morgan fingerprint density at radius 3 is 2.84 bits per heavy atom. The molecule has 0 saturated carbocycles. The number of imidazole rings is 1. The van der Waals surface area contributed by atoms with E-state index in [0.717, 1.165) is 15.6 Å². The van der Waals surface area contributed by atoms with Crippen LogP contribution in [0.2, 0.25) is 0 Å². The molecule has 0 radical (unpaired) electrons. The van der Waals surface area contributed by atoms with Crippen molar-refractivity contribution >= 4 is 28.8 Å². The Kier molecular flexibility index (Phi) is 2.84. The van der Waals surface area contributed by atoms with Gasteiger partial charge < -0.3 is 10.7 Å². The minimum absolute atomic E-state index is 0.00189. The van der Waals surface area contributed by atoms with Crippen molar-refractivity contribution in [3.05, 3.63) is 36.5 Å². The van der Waals surface area contributed by atoms with Crippen LogP contribution in [0.1, 0.15) is 5.56 Å². The molecule has 0 fully saturated rings. The van der Waals surface area contributed by atoms with Gasteiger partial charge in [0.2, 0.25) is 0 Å². The molecule has 8 heteroatoms. The van der Waals surface area contributed by atoms with Gasteiger partial charge in [-0.2, -0.15) is 0 Å². The third kappa shape index (κ3) is 2.25. The Hall–Kier alpha value is -2.48. The molecule has 0 aliphatic heterocycles. The van der Waals surface area contributed by atoms with Gasteiger partial charge in [0.25, 0.3) is 0 Å². The van der Waals surface area contributed by atoms with Crippen LogP contribution in [0.3, 0.4) is 0 Å². The largest absolute Gasteiger partial charge is 0.384 e. The van der Waals surface area contributed by atoms with Gasteiger partial charge in [-0.3, -0.25) is 5.41 Å². The minimum Gasteiger partial charge on any atom is -0.384 e. The van der Waals surface area contributed by atoms with Crippen LogP contribution in [-0.2, 0) is 0 Å². The Bertz CT molecular complexity index is 734. The summed E-state index contributed by atoms with van der Waals surface area (Å²) in [4.78, 5) is 19.6. The Morgan fingerprint density at radius 2 is 2.11 bits per heavy atom. The molecule has 3 aromatic rings. The van der Waals surface area contributed by atoms with Gasteiger partial charge in [-0.25, -0.2) is 19.9 Å². The zero-order valence-electron chi connectivity index (χ0n) is 9.66. The van der Waals surface area contributed by atoms with Crippen LogP contribution in [0.4, 0.5) is 0 Å². The second-order valence-electron chi connectivity index (χ2n) is 3.68. The summed E-state index contributed by atoms with van der Waals surface area (Å²) in [6, 6.07) is 3.55. The maximum Gasteiger partial charge on any atom is 0.181 e. The molecule has 0 unspecified atom stereocenters. The van der Waals surface area contributed by atoms with Gasteiger partial charge in [0.15, 0.2) is 5.65 Å². The van der Waals surface area contributed by atoms with Crippen LogP contribution in [-0.4, -0.2) is 30.8 Å². The quantitative estimate of drug-likeness (QED) is 0.374. The number of fused-ring (bicyclic) bond motifs is 1. The average Bonchev–Trinajstić information content (AvgIpc) is 2.89. The van der Waals surface area contributed by atoms with E-state index < -0.39 is 0 Å². The maximum absolute atomic E-state index is 7.31. The first-order chi connectivity index (χ1) is 9.24. The molecule has 3 heterocycles. The Balaban J connectivity index is 1.92. The van der Waals surface area contributed by atoms with Crippen LogP contribution in [0, 0.1) is 5.41 Å². The summed E-state index contributed by atoms with van der Waals surface area (Å²) in [6.07, 6.45) is 4.61. The first kappa shape index (κ1) is 11.6. The standard InChI is InChI=1S/C11H9N7S/c12-9(13)6-1-2-7(14-3-6)19-11-8-10(16-4-15-8)17-5-18-11/h1-5H,(H3,12,13)(H,15,16,17,18). The van der Waals surface area contributed by atoms with E-state index in [1.807, 2.05) is 0 Å². The zero-order chi connectivity index (χ0) is 13.2. The molecule has 0 saturated heterocycles. The molecule has 0 aliphatic rings. The monoisotopic (exact) mass is 271 g/mol. The predicted octanol–water partition coefficient (Wildman–Crippen LogP) is 1.18. The second kappa shape index (κ2) is 4.65. The van der Waals surface area contributed by atoms with E-state index in [2.05, 4.69) is 24.9 Å². The van der Waals surface area contributed by atoms with Crippen molar-refractivity contribution in [2.45, 2.75) is 10.1 Å². The smallest absolute Gasteiger partial charge is 0.181 e. The van der Waals surface area contributed by atoms with Crippen molar-refractivity contribution in [1.29, 1.82) is 5.41 Å². The lowest BCUT2D eigenvalue weighted by molar-refractivity contribution is 1.07. The van der Waals surface area contributed by atoms with Crippen LogP contribution in [0.15, 0.2) is 41.0 Å². The van der Waals surface area contributed by atoms with Crippen molar-refractivity contribution in [3.63, 3.8) is 0 Å². The first-order valence-electron chi connectivity index (χ1n) is 5.36. The highest BCUT2D eigenvalue weighted by atomic mass is 32.2. The molecule has 0 spiro atoms. The van der Waals surface area contributed by atoms with Crippen LogP contribution in [0.5, 0.6) is 0 Å². The van der Waals surface area contributed by atoms with E-state index in [-0.39, 0.29) is 5.84 Å². The molecule has 4 N–H and O–H groups in total. The lowest BCUT2D eigenvalue weighted by atomic mass is 10.3. The predicted molar refractivity (Wildman–Crippen MR) is 71.1 cm³/mol. The average molecular weight is 271 g/mol. The molecular formula is C11H9N7S. The number of aromatic nitrogens is 5. The highest BCUT2D eigenvalue weighted by Crippen LogP contribution is 2.27. The SMILES string of the molecule is N=C(N)c1ccc(Sc2ncnc3nc[nH]c23)nc1. The number of nitrogen functional groups attached to an aromatic ring is 1. The number of amidine groups is 1. The summed E-state index contributed by atoms with van der Waals surface area (Å²) >= 11 is 1.40. The molecular weight excluding hydrogens is 262 g/mol. The van der Waals surface area contributed by atoms with Gasteiger partial charge in [-0.15, -0.1) is 0 Å². The molecule has 94 valence electrons. The van der Waals surface area contributed by atoms with E-state index in [1.165, 1.54) is 18.1 Å². The number of hydrogen-bond acceptors (Lipinski definition) is 6. The zero-order valence-corrected chi connectivity index (χ0v) is 10.5. The highest BCUT2D eigenvalue weighted by molar-refractivity contribution is 7.99. The van der Waals surface area contributed by atoms with Crippen molar-refractivity contribution < 1.29 is 0 Å². The Morgan fingerprint density at radius 1 is 1.21 bits per heavy atom. The van der Waals surface area contributed by atoms with E-state index in [0.29, 0.717) is 11.2 Å². The van der Waals surface area contributed by atoms with Crippen molar-refractivity contribution in [3.8, 4) is 0 Å². The fourth-order valence-electron chi connectivity index (χ4n) is 1.52. The fraction of sp³-hybridized carbons (Fsp3) is 0. The molecule has 19 heavy (non-hydrogen) atoms. The highest BCUT2D eigenvalue weighted by Gasteiger charge is 2.08. The van der Waals surface area contributed by atoms with Gasteiger partial charge in [-0.05, 0) is 23.9 Å². The number of pyridine rings is 1. The molecule has 3 rings (SSSR count). The van der Waals surface area contributed by atoms with E-state index in [1.54, 1.807) is 24.7 Å². The number of aromatic amines is 1.